The molecular weight excluding hydrogens is 1730 g/mol. The monoisotopic (exact) mass is 1930 g/mol. The molecule has 0 amide bonds. The standard InChI is InChI=1S/C14H28O2.2C13H18O2.3C10H20O2.C10H14O.2C9H18O2.3C5H10O2/c1-6-9-10-12(7-2)11-16-13(15)14(4,5)8-3;2*1-4-13(2,3)12(14)15-10-11-8-6-5-7-9-11;3*1-7-10(5,6)8(11)12-9(2,3)4;1-3-8(2)9-4-6-10(11)7-5-9;1-6-7(2)8(10)11-9(3,4)5;1-4-6-7-11-9(10)8(3)5-2;3*1-3-4(2)5(6)7/h12H,6-11H2,1-5H3;2*5-9H,4,10H2,1-3H3;3*7H2,1-6H3;4-8,11H,3H2,1-2H3;7H,6H2,1-5H3;8H,4-7H2,1-3H3;3*4H,3H2,1-2H3,(H,6,7). The van der Waals surface area contributed by atoms with Crippen molar-refractivity contribution in [1.82, 2.24) is 0 Å². The van der Waals surface area contributed by atoms with Crippen LogP contribution in [0, 0.1) is 68.0 Å². The lowest BCUT2D eigenvalue weighted by molar-refractivity contribution is -0.166. The van der Waals surface area contributed by atoms with E-state index in [4.69, 9.17) is 58.3 Å². The number of phenolic OH excluding ortho intramolecular Hbond substituents is 1. The number of carboxylic acid groups (broad SMARTS) is 3. The van der Waals surface area contributed by atoms with Crippen molar-refractivity contribution in [2.24, 2.45) is 68.0 Å². The first-order chi connectivity index (χ1) is 62.0. The van der Waals surface area contributed by atoms with Gasteiger partial charge >= 0.3 is 65.7 Å². The lowest BCUT2D eigenvalue weighted by Crippen LogP contribution is -2.33. The van der Waals surface area contributed by atoms with Gasteiger partial charge in [0, 0.05) is 0 Å². The largest absolute Gasteiger partial charge is 0.508 e. The number of phenols is 1. The molecule has 0 aliphatic carbocycles. The zero-order chi connectivity index (χ0) is 109. The second-order valence-corrected chi connectivity index (χ2v) is 42.6. The molecule has 0 heterocycles. The zero-order valence-electron chi connectivity index (χ0n) is 94.7. The third-order valence-corrected chi connectivity index (χ3v) is 22.6. The van der Waals surface area contributed by atoms with Gasteiger partial charge in [-0.05, 0) is 297 Å². The highest BCUT2D eigenvalue weighted by Crippen LogP contribution is 2.30. The summed E-state index contributed by atoms with van der Waals surface area (Å²) in [4.78, 5) is 122. The quantitative estimate of drug-likeness (QED) is 0.0237. The Morgan fingerprint density at radius 1 is 0.287 bits per heavy atom. The molecule has 23 heteroatoms. The average molecular weight is 1930 g/mol. The Morgan fingerprint density at radius 3 is 0.765 bits per heavy atom. The number of carbonyl (C=O) groups is 11. The molecule has 4 N–H and O–H groups in total. The van der Waals surface area contributed by atoms with Gasteiger partial charge in [0.1, 0.15) is 41.4 Å². The van der Waals surface area contributed by atoms with E-state index in [1.165, 1.54) is 24.8 Å². The van der Waals surface area contributed by atoms with E-state index < -0.39 is 17.9 Å². The highest BCUT2D eigenvalue weighted by atomic mass is 16.6. The smallest absolute Gasteiger partial charge is 0.312 e. The predicted molar refractivity (Wildman–Crippen MR) is 557 cm³/mol. The summed E-state index contributed by atoms with van der Waals surface area (Å²) in [5.74, 6) is -1.90. The van der Waals surface area contributed by atoms with Gasteiger partial charge in [0.05, 0.1) is 75.3 Å². The molecule has 0 radical (unpaired) electrons. The Balaban J connectivity index is -0.000000186. The van der Waals surface area contributed by atoms with E-state index >= 15 is 0 Å². The van der Waals surface area contributed by atoms with E-state index in [2.05, 4.69) is 34.6 Å². The average Bonchev–Trinajstić information content (AvgIpc) is 0.872. The number of unbranched alkanes of at least 4 members (excludes halogenated alkanes) is 2. The summed E-state index contributed by atoms with van der Waals surface area (Å²) in [7, 11) is 0. The van der Waals surface area contributed by atoms with Crippen LogP contribution >= 0.6 is 0 Å². The van der Waals surface area contributed by atoms with Crippen LogP contribution in [0.25, 0.3) is 0 Å². The Hall–Kier alpha value is -8.37. The van der Waals surface area contributed by atoms with Gasteiger partial charge in [0.15, 0.2) is 0 Å². The van der Waals surface area contributed by atoms with Crippen LogP contribution in [0.4, 0.5) is 0 Å². The third-order valence-electron chi connectivity index (χ3n) is 22.6. The maximum atomic E-state index is 11.8. The van der Waals surface area contributed by atoms with Gasteiger partial charge in [-0.3, -0.25) is 52.7 Å². The Morgan fingerprint density at radius 2 is 0.544 bits per heavy atom. The number of aliphatic carboxylic acids is 3. The molecule has 0 saturated heterocycles. The van der Waals surface area contributed by atoms with Gasteiger partial charge in [0.25, 0.3) is 0 Å². The van der Waals surface area contributed by atoms with Gasteiger partial charge in [-0.25, -0.2) is 0 Å². The second kappa shape index (κ2) is 76.5. The topological polar surface area (TPSA) is 343 Å². The summed E-state index contributed by atoms with van der Waals surface area (Å²) >= 11 is 0. The normalized spacial score (nSPS) is 12.7. The molecule has 0 aromatic heterocycles. The van der Waals surface area contributed by atoms with Crippen molar-refractivity contribution in [1.29, 1.82) is 0 Å². The molecule has 794 valence electrons. The first-order valence-electron chi connectivity index (χ1n) is 50.2. The summed E-state index contributed by atoms with van der Waals surface area (Å²) in [6, 6.07) is 26.9. The maximum absolute atomic E-state index is 11.8. The molecular formula is C113H204O23. The lowest BCUT2D eigenvalue weighted by atomic mass is 9.90. The molecule has 3 aromatic carbocycles. The molecule has 0 bridgehead atoms. The highest BCUT2D eigenvalue weighted by Gasteiger charge is 2.35. The number of carbonyl (C=O) groups excluding carboxylic acids is 8. The summed E-state index contributed by atoms with van der Waals surface area (Å²) in [5, 5.41) is 33.6. The number of carboxylic acids is 3. The SMILES string of the molecule is CCC(C)(C)C(=O)OC(C)(C)C.CCC(C)(C)C(=O)OC(C)(C)C.CCC(C)(C)C(=O)OC(C)(C)C.CCC(C)(C)C(=O)OCc1ccccc1.CCC(C)(C)C(=O)OCc1ccccc1.CCC(C)C(=O)O.CCC(C)C(=O)O.CCC(C)C(=O)O.CCC(C)C(=O)OC(C)(C)C.CCC(C)c1ccc(O)cc1.CCCCC(CC)COC(=O)C(C)(C)CC.CCCCOC(=O)C(C)CC. The van der Waals surface area contributed by atoms with Gasteiger partial charge in [-0.15, -0.1) is 0 Å². The van der Waals surface area contributed by atoms with Crippen molar-refractivity contribution in [3.8, 4) is 5.75 Å². The van der Waals surface area contributed by atoms with Gasteiger partial charge in [-0.2, -0.15) is 0 Å². The maximum Gasteiger partial charge on any atom is 0.312 e. The van der Waals surface area contributed by atoms with Crippen LogP contribution in [0.5, 0.6) is 5.75 Å². The molecule has 0 saturated carbocycles. The minimum atomic E-state index is -0.706. The third kappa shape index (κ3) is 82.7. The Bertz CT molecular complexity index is 3410. The lowest BCUT2D eigenvalue weighted by Gasteiger charge is -2.27. The molecule has 7 unspecified atom stereocenters. The van der Waals surface area contributed by atoms with Crippen molar-refractivity contribution >= 4 is 65.7 Å². The Labute approximate surface area is 829 Å². The molecule has 0 aliphatic rings. The highest BCUT2D eigenvalue weighted by molar-refractivity contribution is 5.79. The van der Waals surface area contributed by atoms with Crippen LogP contribution in [-0.4, -0.2) is 122 Å². The summed E-state index contributed by atoms with van der Waals surface area (Å²) < 4.78 is 41.8. The Kier molecular flexibility index (Phi) is 81.8. The van der Waals surface area contributed by atoms with Crippen LogP contribution in [-0.2, 0) is 104 Å². The fourth-order valence-corrected chi connectivity index (χ4v) is 8.00. The van der Waals surface area contributed by atoms with E-state index in [0.717, 1.165) is 107 Å². The molecule has 136 heavy (non-hydrogen) atoms. The van der Waals surface area contributed by atoms with E-state index in [-0.39, 0.29) is 132 Å². The number of hydrogen-bond acceptors (Lipinski definition) is 20. The van der Waals surface area contributed by atoms with Crippen molar-refractivity contribution in [3.05, 3.63) is 102 Å². The zero-order valence-corrected chi connectivity index (χ0v) is 94.7. The van der Waals surface area contributed by atoms with E-state index in [9.17, 15) is 52.7 Å². The first kappa shape index (κ1) is 145. The predicted octanol–water partition coefficient (Wildman–Crippen LogP) is 29.8. The van der Waals surface area contributed by atoms with E-state index in [1.54, 1.807) is 32.9 Å². The summed E-state index contributed by atoms with van der Waals surface area (Å²) in [6.45, 7) is 88.6. The van der Waals surface area contributed by atoms with Crippen molar-refractivity contribution in [3.63, 3.8) is 0 Å². The van der Waals surface area contributed by atoms with Crippen LogP contribution in [0.2, 0.25) is 0 Å². The van der Waals surface area contributed by atoms with Gasteiger partial charge < -0.3 is 58.3 Å². The van der Waals surface area contributed by atoms with Crippen LogP contribution in [0.1, 0.15) is 450 Å². The first-order valence-corrected chi connectivity index (χ1v) is 50.2. The number of ether oxygens (including phenoxy) is 8. The summed E-state index contributed by atoms with van der Waals surface area (Å²) in [5.41, 5.74) is -0.266. The number of esters is 8. The van der Waals surface area contributed by atoms with Gasteiger partial charge in [-0.1, -0.05) is 244 Å². The van der Waals surface area contributed by atoms with E-state index in [1.807, 2.05) is 329 Å². The van der Waals surface area contributed by atoms with Gasteiger partial charge in [0.2, 0.25) is 0 Å². The van der Waals surface area contributed by atoms with Crippen molar-refractivity contribution in [2.45, 2.75) is 469 Å². The fourth-order valence-electron chi connectivity index (χ4n) is 8.00. The number of rotatable bonds is 37. The number of benzene rings is 3. The van der Waals surface area contributed by atoms with Crippen LogP contribution < -0.4 is 0 Å². The minimum absolute atomic E-state index is 0.0224. The van der Waals surface area contributed by atoms with Crippen molar-refractivity contribution in [2.75, 3.05) is 13.2 Å². The molecule has 23 nitrogen and oxygen atoms in total. The summed E-state index contributed by atoms with van der Waals surface area (Å²) in [6.07, 6.45) is 16.6. The number of aromatic hydroxyl groups is 1. The minimum Gasteiger partial charge on any atom is -0.508 e. The second-order valence-electron chi connectivity index (χ2n) is 42.6. The molecule has 7 atom stereocenters. The molecule has 0 spiro atoms. The van der Waals surface area contributed by atoms with Crippen molar-refractivity contribution < 1.29 is 111 Å². The number of hydrogen-bond donors (Lipinski definition) is 4. The fraction of sp³-hybridized carbons (Fsp3) is 0.743. The molecule has 3 aromatic rings. The molecule has 0 aliphatic heterocycles. The van der Waals surface area contributed by atoms with Crippen LogP contribution in [0.15, 0.2) is 84.9 Å². The molecule has 3 rings (SSSR count). The van der Waals surface area contributed by atoms with Crippen LogP contribution in [0.3, 0.4) is 0 Å². The molecule has 0 fully saturated rings. The van der Waals surface area contributed by atoms with E-state index in [0.29, 0.717) is 44.0 Å².